The lowest BCUT2D eigenvalue weighted by molar-refractivity contribution is -0.119. The van der Waals surface area contributed by atoms with E-state index in [1.165, 1.54) is 11.1 Å². The van der Waals surface area contributed by atoms with E-state index in [0.29, 0.717) is 16.6 Å². The molecule has 0 saturated carbocycles. The van der Waals surface area contributed by atoms with Gasteiger partial charge in [-0.1, -0.05) is 18.2 Å². The smallest absolute Gasteiger partial charge is 0.359 e. The second kappa shape index (κ2) is 5.40. The van der Waals surface area contributed by atoms with Crippen molar-refractivity contribution < 1.29 is 13.2 Å². The summed E-state index contributed by atoms with van der Waals surface area (Å²) in [6.45, 7) is -0.818. The van der Waals surface area contributed by atoms with E-state index in [-0.39, 0.29) is 13.1 Å². The Hall–Kier alpha value is -1.89. The zero-order valence-electron chi connectivity index (χ0n) is 10.1. The van der Waals surface area contributed by atoms with Gasteiger partial charge in [0.05, 0.1) is 17.4 Å². The van der Waals surface area contributed by atoms with Crippen molar-refractivity contribution in [1.82, 2.24) is 10.2 Å². The maximum Gasteiger partial charge on any atom is 0.405 e. The number of hydrogen-bond donors (Lipinski definition) is 1. The lowest BCUT2D eigenvalue weighted by atomic mass is 10.2. The minimum absolute atomic E-state index is 0.106. The van der Waals surface area contributed by atoms with Gasteiger partial charge in [0.2, 0.25) is 0 Å². The van der Waals surface area contributed by atoms with Gasteiger partial charge in [0.15, 0.2) is 0 Å². The Morgan fingerprint density at radius 2 is 1.95 bits per heavy atom. The molecule has 102 valence electrons. The summed E-state index contributed by atoms with van der Waals surface area (Å²) in [6, 6.07) is 6.94. The van der Waals surface area contributed by atoms with Crippen LogP contribution < -0.4 is 10.6 Å². The zero-order chi connectivity index (χ0) is 13.9. The molecule has 2 aromatic rings. The van der Waals surface area contributed by atoms with Crippen molar-refractivity contribution in [2.45, 2.75) is 6.18 Å². The Balaban J connectivity index is 2.44. The Labute approximate surface area is 108 Å². The first-order chi connectivity index (χ1) is 9.01. The predicted octanol–water partition coefficient (Wildman–Crippen LogP) is 1.96. The monoisotopic (exact) mass is 270 g/mol. The summed E-state index contributed by atoms with van der Waals surface area (Å²) in [5.74, 6) is 0. The van der Waals surface area contributed by atoms with Crippen LogP contribution in [0.2, 0.25) is 0 Å². The second-order valence-corrected chi connectivity index (χ2v) is 4.07. The van der Waals surface area contributed by atoms with Crippen molar-refractivity contribution in [3.05, 3.63) is 30.5 Å². The topological polar surface area (TPSA) is 55.0 Å². The third kappa shape index (κ3) is 3.31. The third-order valence-electron chi connectivity index (χ3n) is 2.64. The number of rotatable bonds is 4. The largest absolute Gasteiger partial charge is 0.405 e. The van der Waals surface area contributed by atoms with Crippen molar-refractivity contribution in [2.24, 2.45) is 5.73 Å². The molecule has 2 N–H and O–H groups in total. The summed E-state index contributed by atoms with van der Waals surface area (Å²) in [5, 5.41) is 8.27. The zero-order valence-corrected chi connectivity index (χ0v) is 10.1. The molecule has 2 rings (SSSR count). The molecule has 0 spiro atoms. The Morgan fingerprint density at radius 1 is 1.21 bits per heavy atom. The van der Waals surface area contributed by atoms with Gasteiger partial charge in [-0.2, -0.15) is 23.4 Å². The molecule has 0 unspecified atom stereocenters. The Kier molecular flexibility index (Phi) is 3.84. The van der Waals surface area contributed by atoms with Gasteiger partial charge in [0, 0.05) is 18.5 Å². The maximum atomic E-state index is 12.6. The average molecular weight is 270 g/mol. The molecule has 0 atom stereocenters. The Morgan fingerprint density at radius 3 is 2.63 bits per heavy atom. The lowest BCUT2D eigenvalue weighted by Gasteiger charge is -2.25. The van der Waals surface area contributed by atoms with Crippen LogP contribution in [0.4, 0.5) is 18.9 Å². The number of nitrogens with zero attached hydrogens (tertiary/aromatic N) is 3. The maximum absolute atomic E-state index is 12.6. The van der Waals surface area contributed by atoms with Crippen LogP contribution >= 0.6 is 0 Å². The molecule has 19 heavy (non-hydrogen) atoms. The van der Waals surface area contributed by atoms with Crippen molar-refractivity contribution in [2.75, 3.05) is 24.5 Å². The van der Waals surface area contributed by atoms with E-state index in [1.54, 1.807) is 24.3 Å². The summed E-state index contributed by atoms with van der Waals surface area (Å²) in [7, 11) is 0. The van der Waals surface area contributed by atoms with Crippen LogP contribution in [-0.4, -0.2) is 36.0 Å². The summed E-state index contributed by atoms with van der Waals surface area (Å²) < 4.78 is 37.8. The van der Waals surface area contributed by atoms with Crippen LogP contribution in [0.3, 0.4) is 0 Å². The van der Waals surface area contributed by atoms with Gasteiger partial charge in [-0.25, -0.2) is 0 Å². The predicted molar refractivity (Wildman–Crippen MR) is 66.9 cm³/mol. The molecule has 4 nitrogen and oxygen atoms in total. The van der Waals surface area contributed by atoms with Crippen molar-refractivity contribution >= 4 is 16.6 Å². The van der Waals surface area contributed by atoms with Gasteiger partial charge in [-0.05, 0) is 6.07 Å². The molecule has 0 amide bonds. The number of benzene rings is 1. The molecule has 0 fully saturated rings. The molecule has 0 radical (unpaired) electrons. The van der Waals surface area contributed by atoms with Crippen molar-refractivity contribution in [1.29, 1.82) is 0 Å². The minimum atomic E-state index is -4.29. The van der Waals surface area contributed by atoms with Gasteiger partial charge in [-0.3, -0.25) is 0 Å². The quantitative estimate of drug-likeness (QED) is 0.922. The van der Waals surface area contributed by atoms with E-state index < -0.39 is 12.7 Å². The van der Waals surface area contributed by atoms with Crippen LogP contribution in [0.1, 0.15) is 0 Å². The minimum Gasteiger partial charge on any atom is -0.359 e. The van der Waals surface area contributed by atoms with Gasteiger partial charge in [0.25, 0.3) is 0 Å². The molecular weight excluding hydrogens is 257 g/mol. The highest BCUT2D eigenvalue weighted by Crippen LogP contribution is 2.27. The molecule has 0 aliphatic heterocycles. The standard InChI is InChI=1S/C12H13F3N4/c13-12(14,15)8-19(6-5-16)11-7-17-18-10-4-2-1-3-9(10)11/h1-4,7H,5-6,8,16H2. The number of fused-ring (bicyclic) bond motifs is 1. The fraction of sp³-hybridized carbons (Fsp3) is 0.333. The molecule has 0 bridgehead atoms. The van der Waals surface area contributed by atoms with E-state index in [1.807, 2.05) is 0 Å². The average Bonchev–Trinajstić information content (AvgIpc) is 2.36. The molecule has 1 aromatic heterocycles. The normalized spacial score (nSPS) is 11.8. The van der Waals surface area contributed by atoms with Gasteiger partial charge in [0.1, 0.15) is 6.54 Å². The fourth-order valence-corrected chi connectivity index (χ4v) is 1.90. The first-order valence-corrected chi connectivity index (χ1v) is 5.73. The summed E-state index contributed by atoms with van der Waals surface area (Å²) in [4.78, 5) is 1.18. The van der Waals surface area contributed by atoms with E-state index in [4.69, 9.17) is 5.73 Å². The molecule has 0 aliphatic rings. The Bertz CT molecular complexity index is 551. The van der Waals surface area contributed by atoms with Gasteiger partial charge in [-0.15, -0.1) is 0 Å². The lowest BCUT2D eigenvalue weighted by Crippen LogP contribution is -2.37. The number of hydrogen-bond acceptors (Lipinski definition) is 4. The summed E-state index contributed by atoms with van der Waals surface area (Å²) in [5.41, 5.74) is 6.34. The van der Waals surface area contributed by atoms with E-state index in [2.05, 4.69) is 10.2 Å². The van der Waals surface area contributed by atoms with E-state index >= 15 is 0 Å². The molecule has 0 saturated heterocycles. The highest BCUT2D eigenvalue weighted by molar-refractivity contribution is 5.90. The first kappa shape index (κ1) is 13.5. The fourth-order valence-electron chi connectivity index (χ4n) is 1.90. The molecule has 1 heterocycles. The van der Waals surface area contributed by atoms with Crippen LogP contribution in [0.15, 0.2) is 30.5 Å². The molecule has 1 aromatic carbocycles. The third-order valence-corrected chi connectivity index (χ3v) is 2.64. The SMILES string of the molecule is NCCN(CC(F)(F)F)c1cnnc2ccccc12. The van der Waals surface area contributed by atoms with Gasteiger partial charge >= 0.3 is 6.18 Å². The summed E-state index contributed by atoms with van der Waals surface area (Å²) in [6.07, 6.45) is -2.96. The number of anilines is 1. The van der Waals surface area contributed by atoms with Crippen LogP contribution in [0, 0.1) is 0 Å². The molecule has 0 aliphatic carbocycles. The highest BCUT2D eigenvalue weighted by Gasteiger charge is 2.31. The molecule has 7 heteroatoms. The molecular formula is C12H13F3N4. The van der Waals surface area contributed by atoms with E-state index in [9.17, 15) is 13.2 Å². The van der Waals surface area contributed by atoms with E-state index in [0.717, 1.165) is 0 Å². The van der Waals surface area contributed by atoms with Crippen LogP contribution in [0.5, 0.6) is 0 Å². The number of nitrogens with two attached hydrogens (primary N) is 1. The number of alkyl halides is 3. The number of aromatic nitrogens is 2. The first-order valence-electron chi connectivity index (χ1n) is 5.73. The second-order valence-electron chi connectivity index (χ2n) is 4.07. The van der Waals surface area contributed by atoms with Crippen LogP contribution in [0.25, 0.3) is 10.9 Å². The van der Waals surface area contributed by atoms with Crippen molar-refractivity contribution in [3.8, 4) is 0 Å². The van der Waals surface area contributed by atoms with Gasteiger partial charge < -0.3 is 10.6 Å². The highest BCUT2D eigenvalue weighted by atomic mass is 19.4. The van der Waals surface area contributed by atoms with Crippen molar-refractivity contribution in [3.63, 3.8) is 0 Å². The number of halogens is 3. The van der Waals surface area contributed by atoms with Crippen LogP contribution in [-0.2, 0) is 0 Å². The summed E-state index contributed by atoms with van der Waals surface area (Å²) >= 11 is 0.